The van der Waals surface area contributed by atoms with Gasteiger partial charge in [-0.1, -0.05) is 0 Å². The van der Waals surface area contributed by atoms with Gasteiger partial charge in [0.25, 0.3) is 5.91 Å². The molecule has 0 saturated carbocycles. The molecule has 0 saturated heterocycles. The molecule has 12 heteroatoms. The Bertz CT molecular complexity index is 1130. The molecular weight excluding hydrogens is 446 g/mol. The second-order valence-corrected chi connectivity index (χ2v) is 10.4. The van der Waals surface area contributed by atoms with Gasteiger partial charge in [0.15, 0.2) is 0 Å². The van der Waals surface area contributed by atoms with E-state index in [0.717, 1.165) is 4.31 Å². The van der Waals surface area contributed by atoms with Gasteiger partial charge < -0.3 is 14.8 Å². The third-order valence-corrected chi connectivity index (χ3v) is 7.51. The number of benzene rings is 2. The molecule has 2 aromatic rings. The van der Waals surface area contributed by atoms with Gasteiger partial charge in [0, 0.05) is 27.7 Å². The van der Waals surface area contributed by atoms with Crippen LogP contribution < -0.4 is 19.5 Å². The van der Waals surface area contributed by atoms with Gasteiger partial charge in [0.05, 0.1) is 22.5 Å². The molecule has 1 amide bonds. The first-order valence-corrected chi connectivity index (χ1v) is 12.0. The Morgan fingerprint density at radius 1 is 1.00 bits per heavy atom. The van der Waals surface area contributed by atoms with Crippen LogP contribution in [0.2, 0.25) is 0 Å². The zero-order valence-electron chi connectivity index (χ0n) is 17.6. The summed E-state index contributed by atoms with van der Waals surface area (Å²) in [6, 6.07) is 9.76. The van der Waals surface area contributed by atoms with E-state index in [1.807, 2.05) is 0 Å². The zero-order chi connectivity index (χ0) is 23.2. The van der Waals surface area contributed by atoms with E-state index >= 15 is 0 Å². The van der Waals surface area contributed by atoms with Gasteiger partial charge in [-0.05, 0) is 42.5 Å². The van der Waals surface area contributed by atoms with Gasteiger partial charge >= 0.3 is 0 Å². The van der Waals surface area contributed by atoms with Crippen LogP contribution in [0, 0.1) is 0 Å². The van der Waals surface area contributed by atoms with Crippen LogP contribution in [-0.2, 0) is 20.0 Å². The van der Waals surface area contributed by atoms with Crippen LogP contribution in [0.1, 0.15) is 10.4 Å². The van der Waals surface area contributed by atoms with Gasteiger partial charge in [0.1, 0.15) is 18.1 Å². The number of methoxy groups -OCH3 is 1. The normalized spacial score (nSPS) is 11.9. The lowest BCUT2D eigenvalue weighted by Crippen LogP contribution is -2.28. The fourth-order valence-electron chi connectivity index (χ4n) is 2.51. The second kappa shape index (κ2) is 10.1. The molecule has 0 unspecified atom stereocenters. The van der Waals surface area contributed by atoms with Crippen LogP contribution in [-0.4, -0.2) is 68.5 Å². The Kier molecular flexibility index (Phi) is 8.01. The number of nitrogens with zero attached hydrogens (tertiary/aromatic N) is 1. The molecule has 0 bridgehead atoms. The number of ether oxygens (including phenoxy) is 2. The van der Waals surface area contributed by atoms with Gasteiger partial charge in [-0.25, -0.2) is 25.9 Å². The van der Waals surface area contributed by atoms with Crippen molar-refractivity contribution in [3.63, 3.8) is 0 Å². The van der Waals surface area contributed by atoms with Crippen LogP contribution in [0.15, 0.2) is 52.3 Å². The van der Waals surface area contributed by atoms with Gasteiger partial charge in [-0.3, -0.25) is 4.79 Å². The van der Waals surface area contributed by atoms with Gasteiger partial charge in [-0.2, -0.15) is 0 Å². The number of nitrogens with one attached hydrogen (secondary N) is 2. The van der Waals surface area contributed by atoms with Crippen LogP contribution in [0.25, 0.3) is 0 Å². The number of hydrogen-bond donors (Lipinski definition) is 2. The minimum absolute atomic E-state index is 0.0114. The van der Waals surface area contributed by atoms with Crippen molar-refractivity contribution >= 4 is 26.0 Å². The summed E-state index contributed by atoms with van der Waals surface area (Å²) in [6.45, 7) is -0.0289. The molecule has 0 fully saturated rings. The molecule has 2 N–H and O–H groups in total. The first-order valence-electron chi connectivity index (χ1n) is 9.08. The number of rotatable bonds is 10. The number of hydrogen-bond acceptors (Lipinski definition) is 7. The van der Waals surface area contributed by atoms with Crippen LogP contribution in [0.3, 0.4) is 0 Å². The molecule has 0 aliphatic rings. The summed E-state index contributed by atoms with van der Waals surface area (Å²) in [4.78, 5) is 12.0. The molecule has 0 aliphatic carbocycles. The van der Waals surface area contributed by atoms with E-state index in [0.29, 0.717) is 5.75 Å². The maximum Gasteiger partial charge on any atom is 0.254 e. The lowest BCUT2D eigenvalue weighted by Gasteiger charge is -2.13. The van der Waals surface area contributed by atoms with Gasteiger partial charge in [-0.15, -0.1) is 0 Å². The average Bonchev–Trinajstić information content (AvgIpc) is 2.75. The highest BCUT2D eigenvalue weighted by Gasteiger charge is 2.19. The molecule has 10 nitrogen and oxygen atoms in total. The van der Waals surface area contributed by atoms with E-state index in [2.05, 4.69) is 10.0 Å². The SMILES string of the molecule is CNC(=O)c1cc(S(=O)(=O)NCCOc2ccc(S(=O)(=O)N(C)C)cc2)ccc1OC. The lowest BCUT2D eigenvalue weighted by molar-refractivity contribution is 0.0960. The predicted molar refractivity (Wildman–Crippen MR) is 114 cm³/mol. The Morgan fingerprint density at radius 3 is 2.16 bits per heavy atom. The smallest absolute Gasteiger partial charge is 0.254 e. The molecule has 0 aliphatic heterocycles. The van der Waals surface area contributed by atoms with E-state index in [1.165, 1.54) is 70.7 Å². The summed E-state index contributed by atoms with van der Waals surface area (Å²) < 4.78 is 63.2. The summed E-state index contributed by atoms with van der Waals surface area (Å²) in [5.41, 5.74) is 0.0943. The van der Waals surface area contributed by atoms with Crippen molar-refractivity contribution in [2.75, 3.05) is 41.4 Å². The van der Waals surface area contributed by atoms with Crippen molar-refractivity contribution < 1.29 is 31.1 Å². The molecule has 0 atom stereocenters. The quantitative estimate of drug-likeness (QED) is 0.487. The number of carbonyl (C=O) groups is 1. The molecule has 170 valence electrons. The number of amides is 1. The Hall–Kier alpha value is -2.67. The largest absolute Gasteiger partial charge is 0.496 e. The van der Waals surface area contributed by atoms with Gasteiger partial charge in [0.2, 0.25) is 20.0 Å². The predicted octanol–water partition coefficient (Wildman–Crippen LogP) is 0.662. The van der Waals surface area contributed by atoms with Crippen LogP contribution in [0.4, 0.5) is 0 Å². The van der Waals surface area contributed by atoms with E-state index in [4.69, 9.17) is 9.47 Å². The molecule has 0 aromatic heterocycles. The fourth-order valence-corrected chi connectivity index (χ4v) is 4.45. The molecule has 0 spiro atoms. The molecule has 2 aromatic carbocycles. The summed E-state index contributed by atoms with van der Waals surface area (Å²) in [7, 11) is -1.74. The monoisotopic (exact) mass is 471 g/mol. The fraction of sp³-hybridized carbons (Fsp3) is 0.316. The highest BCUT2D eigenvalue weighted by atomic mass is 32.2. The minimum Gasteiger partial charge on any atom is -0.496 e. The topological polar surface area (TPSA) is 131 Å². The molecular formula is C19H25N3O7S2. The first-order chi connectivity index (χ1) is 14.5. The van der Waals surface area contributed by atoms with Crippen molar-refractivity contribution in [3.05, 3.63) is 48.0 Å². The number of sulfonamides is 2. The minimum atomic E-state index is -3.89. The Balaban J connectivity index is 2.00. The standard InChI is InChI=1S/C19H25N3O7S2/c1-20-19(23)17-13-16(9-10-18(17)28-4)30(24,25)21-11-12-29-14-5-7-15(8-6-14)31(26,27)22(2)3/h5-10,13,21H,11-12H2,1-4H3,(H,20,23). The molecule has 2 rings (SSSR count). The Labute approximate surface area is 182 Å². The van der Waals surface area contributed by atoms with Crippen molar-refractivity contribution in [1.82, 2.24) is 14.3 Å². The van der Waals surface area contributed by atoms with Crippen molar-refractivity contribution in [3.8, 4) is 11.5 Å². The van der Waals surface area contributed by atoms with Crippen molar-refractivity contribution in [2.24, 2.45) is 0 Å². The highest BCUT2D eigenvalue weighted by molar-refractivity contribution is 7.89. The molecule has 0 radical (unpaired) electrons. The zero-order valence-corrected chi connectivity index (χ0v) is 19.2. The molecule has 31 heavy (non-hydrogen) atoms. The van der Waals surface area contributed by atoms with Crippen molar-refractivity contribution in [2.45, 2.75) is 9.79 Å². The van der Waals surface area contributed by atoms with E-state index < -0.39 is 26.0 Å². The van der Waals surface area contributed by atoms with Crippen molar-refractivity contribution in [1.29, 1.82) is 0 Å². The first kappa shape index (κ1) is 24.6. The van der Waals surface area contributed by atoms with Crippen LogP contribution >= 0.6 is 0 Å². The van der Waals surface area contributed by atoms with E-state index in [1.54, 1.807) is 0 Å². The summed E-state index contributed by atoms with van der Waals surface area (Å²) in [5.74, 6) is 0.168. The van der Waals surface area contributed by atoms with Crippen LogP contribution in [0.5, 0.6) is 11.5 Å². The van der Waals surface area contributed by atoms with E-state index in [-0.39, 0.29) is 34.3 Å². The summed E-state index contributed by atoms with van der Waals surface area (Å²) >= 11 is 0. The summed E-state index contributed by atoms with van der Waals surface area (Å²) in [6.07, 6.45) is 0. The third-order valence-electron chi connectivity index (χ3n) is 4.22. The lowest BCUT2D eigenvalue weighted by atomic mass is 10.2. The van der Waals surface area contributed by atoms with E-state index in [9.17, 15) is 21.6 Å². The number of carbonyl (C=O) groups excluding carboxylic acids is 1. The highest BCUT2D eigenvalue weighted by Crippen LogP contribution is 2.22. The second-order valence-electron chi connectivity index (χ2n) is 6.45. The third kappa shape index (κ3) is 5.94. The average molecular weight is 472 g/mol. The maximum absolute atomic E-state index is 12.5. The maximum atomic E-state index is 12.5. The molecule has 0 heterocycles. The Morgan fingerprint density at radius 2 is 1.61 bits per heavy atom. The summed E-state index contributed by atoms with van der Waals surface area (Å²) in [5, 5.41) is 2.43.